The van der Waals surface area contributed by atoms with Crippen LogP contribution >= 0.6 is 0 Å². The van der Waals surface area contributed by atoms with Crippen LogP contribution in [0.5, 0.6) is 0 Å². The summed E-state index contributed by atoms with van der Waals surface area (Å²) in [6.45, 7) is 2.03. The van der Waals surface area contributed by atoms with E-state index >= 15 is 0 Å². The van der Waals surface area contributed by atoms with Gasteiger partial charge in [0.05, 0.1) is 17.2 Å². The van der Waals surface area contributed by atoms with Crippen molar-refractivity contribution in [2.24, 2.45) is 7.05 Å². The summed E-state index contributed by atoms with van der Waals surface area (Å²) in [7, 11) is 1.91. The van der Waals surface area contributed by atoms with Crippen molar-refractivity contribution in [3.63, 3.8) is 0 Å². The van der Waals surface area contributed by atoms with Crippen LogP contribution in [0.2, 0.25) is 0 Å². The highest BCUT2D eigenvalue weighted by atomic mass is 19.1. The van der Waals surface area contributed by atoms with Crippen molar-refractivity contribution in [2.45, 2.75) is 6.92 Å². The molecule has 0 unspecified atom stereocenters. The summed E-state index contributed by atoms with van der Waals surface area (Å²) in [5, 5.41) is 11.8. The normalized spacial score (nSPS) is 11.2. The largest absolute Gasteiger partial charge is 0.455 e. The minimum absolute atomic E-state index is 0.278. The van der Waals surface area contributed by atoms with Crippen LogP contribution in [0.15, 0.2) is 102 Å². The molecule has 0 amide bonds. The number of nitriles is 1. The van der Waals surface area contributed by atoms with Gasteiger partial charge in [0.2, 0.25) is 5.69 Å². The molecule has 172 valence electrons. The average Bonchev–Trinajstić information content (AvgIpc) is 3.30. The molecule has 0 spiro atoms. The number of furan rings is 1. The fraction of sp³-hybridized carbons (Fsp3) is 0.0625. The predicted octanol–water partition coefficient (Wildman–Crippen LogP) is 7.73. The van der Waals surface area contributed by atoms with Crippen molar-refractivity contribution in [1.82, 2.24) is 0 Å². The molecule has 0 N–H and O–H groups in total. The third kappa shape index (κ3) is 3.45. The number of benzene rings is 4. The van der Waals surface area contributed by atoms with Gasteiger partial charge in [0.1, 0.15) is 24.0 Å². The van der Waals surface area contributed by atoms with E-state index in [1.165, 1.54) is 6.07 Å². The van der Waals surface area contributed by atoms with Gasteiger partial charge in [-0.2, -0.15) is 5.26 Å². The molecule has 0 aliphatic carbocycles. The zero-order valence-electron chi connectivity index (χ0n) is 19.9. The molecule has 0 aliphatic rings. The van der Waals surface area contributed by atoms with Gasteiger partial charge in [-0.3, -0.25) is 0 Å². The molecule has 0 saturated carbocycles. The van der Waals surface area contributed by atoms with Crippen molar-refractivity contribution in [1.29, 1.82) is 5.26 Å². The second-order valence-corrected chi connectivity index (χ2v) is 8.97. The molecule has 0 fully saturated rings. The Hall–Kier alpha value is -4.75. The van der Waals surface area contributed by atoms with Gasteiger partial charge in [0.15, 0.2) is 6.20 Å². The van der Waals surface area contributed by atoms with E-state index in [1.807, 2.05) is 73.1 Å². The Bertz CT molecular complexity index is 1810. The van der Waals surface area contributed by atoms with Crippen LogP contribution in [0.3, 0.4) is 0 Å². The number of fused-ring (bicyclic) bond motifs is 3. The van der Waals surface area contributed by atoms with E-state index in [9.17, 15) is 9.65 Å². The molecule has 0 atom stereocenters. The molecule has 2 heterocycles. The molecule has 4 heteroatoms. The van der Waals surface area contributed by atoms with Gasteiger partial charge in [-0.05, 0) is 53.4 Å². The molecule has 3 nitrogen and oxygen atoms in total. The second kappa shape index (κ2) is 8.48. The van der Waals surface area contributed by atoms with Gasteiger partial charge in [0, 0.05) is 28.5 Å². The number of aromatic nitrogens is 1. The minimum Gasteiger partial charge on any atom is -0.455 e. The zero-order valence-corrected chi connectivity index (χ0v) is 19.9. The van der Waals surface area contributed by atoms with Gasteiger partial charge >= 0.3 is 0 Å². The lowest BCUT2D eigenvalue weighted by atomic mass is 9.94. The van der Waals surface area contributed by atoms with Gasteiger partial charge < -0.3 is 4.42 Å². The maximum Gasteiger partial charge on any atom is 0.215 e. The molecular formula is C32H22FN2O+. The van der Waals surface area contributed by atoms with Gasteiger partial charge in [-0.25, -0.2) is 8.96 Å². The van der Waals surface area contributed by atoms with E-state index in [-0.39, 0.29) is 5.82 Å². The van der Waals surface area contributed by atoms with Crippen molar-refractivity contribution in [2.75, 3.05) is 0 Å². The third-order valence-corrected chi connectivity index (χ3v) is 6.85. The number of halogens is 1. The Morgan fingerprint density at radius 2 is 1.56 bits per heavy atom. The van der Waals surface area contributed by atoms with Crippen molar-refractivity contribution >= 4 is 21.9 Å². The van der Waals surface area contributed by atoms with Crippen LogP contribution in [-0.2, 0) is 7.05 Å². The first-order chi connectivity index (χ1) is 17.5. The number of pyridine rings is 1. The monoisotopic (exact) mass is 469 g/mol. The highest BCUT2D eigenvalue weighted by Crippen LogP contribution is 2.41. The van der Waals surface area contributed by atoms with Gasteiger partial charge in [-0.15, -0.1) is 0 Å². The predicted molar refractivity (Wildman–Crippen MR) is 141 cm³/mol. The summed E-state index contributed by atoms with van der Waals surface area (Å²) in [4.78, 5) is 0. The molecule has 0 aliphatic heterocycles. The third-order valence-electron chi connectivity index (χ3n) is 6.85. The van der Waals surface area contributed by atoms with Gasteiger partial charge in [-0.1, -0.05) is 54.6 Å². The molecule has 0 saturated heterocycles. The summed E-state index contributed by atoms with van der Waals surface area (Å²) >= 11 is 0. The topological polar surface area (TPSA) is 40.8 Å². The molecule has 4 aromatic carbocycles. The van der Waals surface area contributed by atoms with E-state index in [2.05, 4.69) is 30.3 Å². The maximum absolute atomic E-state index is 14.1. The SMILES string of the molecule is Cc1c(-c2cc(F)cc[n+]2C)ccc2oc3c(-c4ccc(-c5ccccc5)cc4)c(C#N)ccc3c12. The Morgan fingerprint density at radius 1 is 0.833 bits per heavy atom. The van der Waals surface area contributed by atoms with Crippen LogP contribution in [0.1, 0.15) is 11.1 Å². The van der Waals surface area contributed by atoms with E-state index in [4.69, 9.17) is 4.42 Å². The lowest BCUT2D eigenvalue weighted by Gasteiger charge is -2.08. The molecule has 2 aromatic heterocycles. The quantitative estimate of drug-likeness (QED) is 0.249. The first kappa shape index (κ1) is 21.8. The Labute approximate surface area is 208 Å². The molecular weight excluding hydrogens is 447 g/mol. The number of hydrogen-bond donors (Lipinski definition) is 0. The Kier molecular flexibility index (Phi) is 5.13. The maximum atomic E-state index is 14.1. The lowest BCUT2D eigenvalue weighted by molar-refractivity contribution is -0.660. The highest BCUT2D eigenvalue weighted by molar-refractivity contribution is 6.13. The summed E-state index contributed by atoms with van der Waals surface area (Å²) < 4.78 is 22.4. The van der Waals surface area contributed by atoms with Crippen molar-refractivity contribution < 1.29 is 13.4 Å². The van der Waals surface area contributed by atoms with Crippen LogP contribution in [0, 0.1) is 24.1 Å². The van der Waals surface area contributed by atoms with E-state index < -0.39 is 0 Å². The molecule has 6 rings (SSSR count). The number of nitrogens with zero attached hydrogens (tertiary/aromatic N) is 2. The van der Waals surface area contributed by atoms with Crippen LogP contribution in [0.4, 0.5) is 4.39 Å². The number of rotatable bonds is 3. The Balaban J connectivity index is 1.57. The second-order valence-electron chi connectivity index (χ2n) is 8.97. The van der Waals surface area contributed by atoms with Crippen LogP contribution in [0.25, 0.3) is 55.4 Å². The van der Waals surface area contributed by atoms with E-state index in [1.54, 1.807) is 12.3 Å². The number of aryl methyl sites for hydroxylation is 2. The van der Waals surface area contributed by atoms with Crippen molar-refractivity contribution in [3.8, 4) is 39.6 Å². The average molecular weight is 470 g/mol. The fourth-order valence-electron chi connectivity index (χ4n) is 5.03. The van der Waals surface area contributed by atoms with Gasteiger partial charge in [0.25, 0.3) is 0 Å². The zero-order chi connectivity index (χ0) is 24.8. The molecule has 6 aromatic rings. The van der Waals surface area contributed by atoms with Crippen molar-refractivity contribution in [3.05, 3.63) is 114 Å². The fourth-order valence-corrected chi connectivity index (χ4v) is 5.03. The summed E-state index contributed by atoms with van der Waals surface area (Å²) in [6.07, 6.45) is 1.72. The smallest absolute Gasteiger partial charge is 0.215 e. The van der Waals surface area contributed by atoms with E-state index in [0.29, 0.717) is 11.1 Å². The molecule has 0 bridgehead atoms. The summed E-state index contributed by atoms with van der Waals surface area (Å²) in [5.41, 5.74) is 8.65. The molecule has 0 radical (unpaired) electrons. The first-order valence-corrected chi connectivity index (χ1v) is 11.8. The Morgan fingerprint density at radius 3 is 2.31 bits per heavy atom. The van der Waals surface area contributed by atoms with E-state index in [0.717, 1.165) is 55.4 Å². The molecule has 36 heavy (non-hydrogen) atoms. The number of hydrogen-bond acceptors (Lipinski definition) is 2. The standard InChI is InChI=1S/C32H22FN2O/c1-20-26(28-18-25(33)16-17-35(28)2)14-15-29-30(20)27-13-12-24(19-34)31(32(27)36-29)23-10-8-22(9-11-23)21-6-4-3-5-7-21/h3-18H,1-2H3/q+1. The highest BCUT2D eigenvalue weighted by Gasteiger charge is 2.21. The minimum atomic E-state index is -0.278. The summed E-state index contributed by atoms with van der Waals surface area (Å²) in [5.74, 6) is -0.278. The first-order valence-electron chi connectivity index (χ1n) is 11.8. The lowest BCUT2D eigenvalue weighted by Crippen LogP contribution is -2.30. The van der Waals surface area contributed by atoms with Crippen LogP contribution in [-0.4, -0.2) is 0 Å². The summed E-state index contributed by atoms with van der Waals surface area (Å²) in [6, 6.07) is 31.4. The van der Waals surface area contributed by atoms with Crippen LogP contribution < -0.4 is 4.57 Å².